The molecule has 0 spiro atoms. The minimum Gasteiger partial charge on any atom is -0.371 e. The van der Waals surface area contributed by atoms with Gasteiger partial charge in [-0.1, -0.05) is 0 Å². The van der Waals surface area contributed by atoms with Crippen LogP contribution < -0.4 is 4.90 Å². The summed E-state index contributed by atoms with van der Waals surface area (Å²) >= 11 is 2.00. The van der Waals surface area contributed by atoms with E-state index in [0.29, 0.717) is 0 Å². The first-order valence-electron chi connectivity index (χ1n) is 6.53. The molecule has 96 valence electrons. The molecule has 1 aliphatic heterocycles. The first-order valence-corrected chi connectivity index (χ1v) is 7.82. The van der Waals surface area contributed by atoms with E-state index in [1.54, 1.807) is 0 Å². The van der Waals surface area contributed by atoms with E-state index in [-0.39, 0.29) is 0 Å². The molecule has 1 aromatic carbocycles. The lowest BCUT2D eigenvalue weighted by Gasteiger charge is -2.23. The van der Waals surface area contributed by atoms with Gasteiger partial charge in [-0.15, -0.1) is 0 Å². The van der Waals surface area contributed by atoms with Crippen LogP contribution in [0.5, 0.6) is 0 Å². The molecule has 1 unspecified atom stereocenters. The quantitative estimate of drug-likeness (QED) is 0.813. The molecule has 1 fully saturated rings. The van der Waals surface area contributed by atoms with Gasteiger partial charge in [-0.3, -0.25) is 0 Å². The van der Waals surface area contributed by atoms with Crippen molar-refractivity contribution in [2.75, 3.05) is 24.2 Å². The van der Waals surface area contributed by atoms with Crippen LogP contribution in [0.4, 0.5) is 5.69 Å². The Bertz CT molecular complexity index is 450. The molecule has 1 saturated heterocycles. The average molecular weight is 260 g/mol. The molecule has 0 amide bonds. The number of rotatable bonds is 2. The van der Waals surface area contributed by atoms with Gasteiger partial charge in [-0.2, -0.15) is 17.0 Å². The standard InChI is InChI=1S/C15H20N2S/c1-12-10-14(6-5-13(12)11-16)17-8-3-4-15(18-2)7-9-17/h5-6,10,15H,3-4,7-9H2,1-2H3. The molecule has 1 atom stereocenters. The normalized spacial score (nSPS) is 20.3. The maximum Gasteiger partial charge on any atom is 0.0994 e. The summed E-state index contributed by atoms with van der Waals surface area (Å²) in [4.78, 5) is 2.46. The third-order valence-electron chi connectivity index (χ3n) is 3.70. The fourth-order valence-electron chi connectivity index (χ4n) is 2.53. The van der Waals surface area contributed by atoms with Crippen LogP contribution >= 0.6 is 11.8 Å². The maximum absolute atomic E-state index is 8.96. The van der Waals surface area contributed by atoms with Crippen LogP contribution in [0.1, 0.15) is 30.4 Å². The predicted molar refractivity (Wildman–Crippen MR) is 79.3 cm³/mol. The topological polar surface area (TPSA) is 27.0 Å². The van der Waals surface area contributed by atoms with Crippen molar-refractivity contribution in [3.63, 3.8) is 0 Å². The summed E-state index contributed by atoms with van der Waals surface area (Å²) in [5.41, 5.74) is 3.14. The molecular weight excluding hydrogens is 240 g/mol. The SMILES string of the molecule is CSC1CCCN(c2ccc(C#N)c(C)c2)CC1. The van der Waals surface area contributed by atoms with E-state index in [9.17, 15) is 0 Å². The summed E-state index contributed by atoms with van der Waals surface area (Å²) < 4.78 is 0. The first kappa shape index (κ1) is 13.3. The van der Waals surface area contributed by atoms with E-state index in [1.165, 1.54) is 24.9 Å². The number of benzene rings is 1. The van der Waals surface area contributed by atoms with Gasteiger partial charge in [0.1, 0.15) is 0 Å². The Kier molecular flexibility index (Phi) is 4.54. The Morgan fingerprint density at radius 2 is 2.17 bits per heavy atom. The molecule has 1 aromatic rings. The number of hydrogen-bond acceptors (Lipinski definition) is 3. The summed E-state index contributed by atoms with van der Waals surface area (Å²) in [7, 11) is 0. The Labute approximate surface area is 114 Å². The van der Waals surface area contributed by atoms with E-state index in [4.69, 9.17) is 5.26 Å². The molecule has 3 heteroatoms. The highest BCUT2D eigenvalue weighted by Gasteiger charge is 2.16. The van der Waals surface area contributed by atoms with Gasteiger partial charge in [-0.05, 0) is 56.2 Å². The Balaban J connectivity index is 2.12. The van der Waals surface area contributed by atoms with Crippen LogP contribution in [0.15, 0.2) is 18.2 Å². The van der Waals surface area contributed by atoms with Crippen molar-refractivity contribution in [1.29, 1.82) is 5.26 Å². The molecule has 0 radical (unpaired) electrons. The van der Waals surface area contributed by atoms with Crippen LogP contribution in [-0.2, 0) is 0 Å². The molecule has 2 nitrogen and oxygen atoms in total. The van der Waals surface area contributed by atoms with Crippen LogP contribution in [0.3, 0.4) is 0 Å². The van der Waals surface area contributed by atoms with Gasteiger partial charge < -0.3 is 4.90 Å². The number of thioether (sulfide) groups is 1. The number of nitriles is 1. The largest absolute Gasteiger partial charge is 0.371 e. The monoisotopic (exact) mass is 260 g/mol. The van der Waals surface area contributed by atoms with Crippen LogP contribution in [0.25, 0.3) is 0 Å². The number of hydrogen-bond donors (Lipinski definition) is 0. The molecule has 0 N–H and O–H groups in total. The van der Waals surface area contributed by atoms with E-state index in [2.05, 4.69) is 29.4 Å². The smallest absolute Gasteiger partial charge is 0.0994 e. The zero-order chi connectivity index (χ0) is 13.0. The van der Waals surface area contributed by atoms with Gasteiger partial charge >= 0.3 is 0 Å². The summed E-state index contributed by atoms with van der Waals surface area (Å²) in [6.07, 6.45) is 6.07. The van der Waals surface area contributed by atoms with Crippen LogP contribution in [0.2, 0.25) is 0 Å². The fourth-order valence-corrected chi connectivity index (χ4v) is 3.27. The van der Waals surface area contributed by atoms with Crippen molar-refractivity contribution in [3.05, 3.63) is 29.3 Å². The summed E-state index contributed by atoms with van der Waals surface area (Å²) in [6, 6.07) is 8.42. The van der Waals surface area contributed by atoms with Gasteiger partial charge in [0.25, 0.3) is 0 Å². The lowest BCUT2D eigenvalue weighted by molar-refractivity contribution is 0.745. The van der Waals surface area contributed by atoms with E-state index >= 15 is 0 Å². The molecule has 0 saturated carbocycles. The van der Waals surface area contributed by atoms with Gasteiger partial charge in [0.2, 0.25) is 0 Å². The van der Waals surface area contributed by atoms with Crippen LogP contribution in [-0.4, -0.2) is 24.6 Å². The highest BCUT2D eigenvalue weighted by Crippen LogP contribution is 2.26. The second-order valence-electron chi connectivity index (χ2n) is 4.89. The van der Waals surface area contributed by atoms with E-state index in [0.717, 1.165) is 29.5 Å². The summed E-state index contributed by atoms with van der Waals surface area (Å²) in [5.74, 6) is 0. The zero-order valence-electron chi connectivity index (χ0n) is 11.1. The van der Waals surface area contributed by atoms with Crippen LogP contribution in [0, 0.1) is 18.3 Å². The molecular formula is C15H20N2S. The van der Waals surface area contributed by atoms with Crippen molar-refractivity contribution >= 4 is 17.4 Å². The molecule has 0 aliphatic carbocycles. The molecule has 0 aromatic heterocycles. The Morgan fingerprint density at radius 3 is 2.83 bits per heavy atom. The summed E-state index contributed by atoms with van der Waals surface area (Å²) in [6.45, 7) is 4.30. The van der Waals surface area contributed by atoms with Crippen molar-refractivity contribution < 1.29 is 0 Å². The molecule has 2 rings (SSSR count). The Morgan fingerprint density at radius 1 is 1.33 bits per heavy atom. The van der Waals surface area contributed by atoms with Gasteiger partial charge in [0, 0.05) is 24.0 Å². The fraction of sp³-hybridized carbons (Fsp3) is 0.533. The number of aryl methyl sites for hydroxylation is 1. The van der Waals surface area contributed by atoms with Gasteiger partial charge in [0.05, 0.1) is 11.6 Å². The molecule has 1 aliphatic rings. The third kappa shape index (κ3) is 3.00. The Hall–Kier alpha value is -1.14. The van der Waals surface area contributed by atoms with E-state index < -0.39 is 0 Å². The average Bonchev–Trinajstić information content (AvgIpc) is 2.63. The molecule has 1 heterocycles. The van der Waals surface area contributed by atoms with Gasteiger partial charge in [0.15, 0.2) is 0 Å². The van der Waals surface area contributed by atoms with Crippen molar-refractivity contribution in [2.24, 2.45) is 0 Å². The van der Waals surface area contributed by atoms with Crippen molar-refractivity contribution in [3.8, 4) is 6.07 Å². The second-order valence-corrected chi connectivity index (χ2v) is 6.02. The molecule has 18 heavy (non-hydrogen) atoms. The lowest BCUT2D eigenvalue weighted by atomic mass is 10.1. The zero-order valence-corrected chi connectivity index (χ0v) is 12.0. The predicted octanol–water partition coefficient (Wildman–Crippen LogP) is 3.59. The second kappa shape index (κ2) is 6.15. The highest BCUT2D eigenvalue weighted by molar-refractivity contribution is 7.99. The minimum atomic E-state index is 0.788. The number of nitrogens with zero attached hydrogens (tertiary/aromatic N) is 2. The van der Waals surface area contributed by atoms with E-state index in [1.807, 2.05) is 24.8 Å². The highest BCUT2D eigenvalue weighted by atomic mass is 32.2. The third-order valence-corrected chi connectivity index (χ3v) is 4.84. The lowest BCUT2D eigenvalue weighted by Crippen LogP contribution is -2.24. The van der Waals surface area contributed by atoms with Gasteiger partial charge in [-0.25, -0.2) is 0 Å². The maximum atomic E-state index is 8.96. The number of anilines is 1. The van der Waals surface area contributed by atoms with Crippen molar-refractivity contribution in [1.82, 2.24) is 0 Å². The first-order chi connectivity index (χ1) is 8.74. The molecule has 0 bridgehead atoms. The minimum absolute atomic E-state index is 0.788. The van der Waals surface area contributed by atoms with Crippen molar-refractivity contribution in [2.45, 2.75) is 31.4 Å². The summed E-state index contributed by atoms with van der Waals surface area (Å²) in [5, 5.41) is 9.78.